The lowest BCUT2D eigenvalue weighted by molar-refractivity contribution is 0.109. The Kier molecular flexibility index (Phi) is 3.34. The molecule has 0 bridgehead atoms. The van der Waals surface area contributed by atoms with Gasteiger partial charge < -0.3 is 4.74 Å². The summed E-state index contributed by atoms with van der Waals surface area (Å²) in [6, 6.07) is 4.63. The molecule has 0 N–H and O–H groups in total. The fourth-order valence-electron chi connectivity index (χ4n) is 2.67. The Morgan fingerprint density at radius 1 is 1.06 bits per heavy atom. The summed E-state index contributed by atoms with van der Waals surface area (Å²) in [5.74, 6) is 1.19. The van der Waals surface area contributed by atoms with Crippen molar-refractivity contribution in [1.29, 1.82) is 0 Å². The van der Waals surface area contributed by atoms with Crippen LogP contribution in [0.3, 0.4) is 0 Å². The molecule has 1 nitrogen and oxygen atoms in total. The third-order valence-corrected chi connectivity index (χ3v) is 3.45. The van der Waals surface area contributed by atoms with Gasteiger partial charge in [-0.05, 0) is 40.5 Å². The molecular weight excluding hydrogens is 196 g/mol. The largest absolute Gasteiger partial charge is 0.376 e. The molecule has 1 aromatic rings. The third kappa shape index (κ3) is 2.01. The van der Waals surface area contributed by atoms with Crippen LogP contribution in [-0.2, 0) is 17.8 Å². The standard InChI is InChI=1S/C15H22O/c1-10(2)13-6-5-12-7-8-16-9-14(12)15(13)11(3)4/h5-6,10-11H,7-9H2,1-4H3. The van der Waals surface area contributed by atoms with Crippen molar-refractivity contribution in [1.82, 2.24) is 0 Å². The molecule has 0 aliphatic carbocycles. The van der Waals surface area contributed by atoms with Crippen molar-refractivity contribution in [2.75, 3.05) is 6.61 Å². The van der Waals surface area contributed by atoms with Gasteiger partial charge in [0.05, 0.1) is 13.2 Å². The number of fused-ring (bicyclic) bond motifs is 1. The van der Waals surface area contributed by atoms with Gasteiger partial charge in [-0.3, -0.25) is 0 Å². The molecule has 16 heavy (non-hydrogen) atoms. The average Bonchev–Trinajstić information content (AvgIpc) is 2.27. The summed E-state index contributed by atoms with van der Waals surface area (Å²) in [4.78, 5) is 0. The molecule has 0 fully saturated rings. The monoisotopic (exact) mass is 218 g/mol. The van der Waals surface area contributed by atoms with Gasteiger partial charge in [-0.2, -0.15) is 0 Å². The second-order valence-corrected chi connectivity index (χ2v) is 5.32. The SMILES string of the molecule is CC(C)c1ccc2c(c1C(C)C)COCC2. The van der Waals surface area contributed by atoms with E-state index in [9.17, 15) is 0 Å². The summed E-state index contributed by atoms with van der Waals surface area (Å²) in [5, 5.41) is 0. The minimum Gasteiger partial charge on any atom is -0.376 e. The molecule has 0 saturated heterocycles. The molecule has 1 aliphatic rings. The van der Waals surface area contributed by atoms with Crippen LogP contribution in [0.2, 0.25) is 0 Å². The number of rotatable bonds is 2. The zero-order chi connectivity index (χ0) is 11.7. The summed E-state index contributed by atoms with van der Waals surface area (Å²) in [5.41, 5.74) is 6.00. The smallest absolute Gasteiger partial charge is 0.0722 e. The fraction of sp³-hybridized carbons (Fsp3) is 0.600. The van der Waals surface area contributed by atoms with E-state index < -0.39 is 0 Å². The van der Waals surface area contributed by atoms with Gasteiger partial charge in [-0.15, -0.1) is 0 Å². The molecule has 1 heterocycles. The molecule has 0 spiro atoms. The van der Waals surface area contributed by atoms with Crippen LogP contribution in [0.25, 0.3) is 0 Å². The molecule has 0 atom stereocenters. The van der Waals surface area contributed by atoms with Gasteiger partial charge in [-0.25, -0.2) is 0 Å². The lowest BCUT2D eigenvalue weighted by atomic mass is 9.83. The van der Waals surface area contributed by atoms with Gasteiger partial charge in [0.25, 0.3) is 0 Å². The van der Waals surface area contributed by atoms with Crippen LogP contribution in [0.5, 0.6) is 0 Å². The molecule has 1 aliphatic heterocycles. The van der Waals surface area contributed by atoms with Crippen molar-refractivity contribution in [3.05, 3.63) is 34.4 Å². The van der Waals surface area contributed by atoms with Gasteiger partial charge in [-0.1, -0.05) is 39.8 Å². The zero-order valence-corrected chi connectivity index (χ0v) is 10.8. The Bertz CT molecular complexity index is 377. The summed E-state index contributed by atoms with van der Waals surface area (Å²) in [6.45, 7) is 10.8. The van der Waals surface area contributed by atoms with Crippen molar-refractivity contribution in [2.24, 2.45) is 0 Å². The Labute approximate surface area is 98.8 Å². The predicted octanol–water partition coefficient (Wildman–Crippen LogP) is 4.01. The first-order valence-corrected chi connectivity index (χ1v) is 6.33. The van der Waals surface area contributed by atoms with Gasteiger partial charge >= 0.3 is 0 Å². The first kappa shape index (κ1) is 11.7. The Morgan fingerprint density at radius 3 is 2.44 bits per heavy atom. The highest BCUT2D eigenvalue weighted by Gasteiger charge is 2.19. The Morgan fingerprint density at radius 2 is 1.81 bits per heavy atom. The van der Waals surface area contributed by atoms with E-state index in [1.165, 1.54) is 22.3 Å². The third-order valence-electron chi connectivity index (χ3n) is 3.45. The van der Waals surface area contributed by atoms with E-state index in [1.807, 2.05) is 0 Å². The molecule has 2 rings (SSSR count). The lowest BCUT2D eigenvalue weighted by Gasteiger charge is -2.26. The predicted molar refractivity (Wildman–Crippen MR) is 68.0 cm³/mol. The van der Waals surface area contributed by atoms with Crippen molar-refractivity contribution < 1.29 is 4.74 Å². The summed E-state index contributed by atoms with van der Waals surface area (Å²) in [7, 11) is 0. The first-order valence-electron chi connectivity index (χ1n) is 6.33. The first-order chi connectivity index (χ1) is 7.61. The molecule has 88 valence electrons. The summed E-state index contributed by atoms with van der Waals surface area (Å²) in [6.07, 6.45) is 1.08. The van der Waals surface area contributed by atoms with Crippen LogP contribution in [-0.4, -0.2) is 6.61 Å². The van der Waals surface area contributed by atoms with Crippen LogP contribution < -0.4 is 0 Å². The van der Waals surface area contributed by atoms with Crippen molar-refractivity contribution in [3.63, 3.8) is 0 Å². The van der Waals surface area contributed by atoms with Gasteiger partial charge in [0.15, 0.2) is 0 Å². The number of hydrogen-bond acceptors (Lipinski definition) is 1. The van der Waals surface area contributed by atoms with Crippen LogP contribution in [0.1, 0.15) is 61.8 Å². The van der Waals surface area contributed by atoms with E-state index in [-0.39, 0.29) is 0 Å². The van der Waals surface area contributed by atoms with Crippen LogP contribution >= 0.6 is 0 Å². The van der Waals surface area contributed by atoms with E-state index in [2.05, 4.69) is 39.8 Å². The maximum absolute atomic E-state index is 5.62. The van der Waals surface area contributed by atoms with E-state index in [1.54, 1.807) is 0 Å². The number of benzene rings is 1. The minimum absolute atomic E-state index is 0.592. The maximum Gasteiger partial charge on any atom is 0.0722 e. The highest BCUT2D eigenvalue weighted by molar-refractivity contribution is 5.44. The van der Waals surface area contributed by atoms with Crippen LogP contribution in [0.15, 0.2) is 12.1 Å². The Balaban J connectivity index is 2.57. The summed E-state index contributed by atoms with van der Waals surface area (Å²) < 4.78 is 5.62. The fourth-order valence-corrected chi connectivity index (χ4v) is 2.67. The number of hydrogen-bond donors (Lipinski definition) is 0. The molecule has 0 aromatic heterocycles. The molecule has 1 aromatic carbocycles. The normalized spacial score (nSPS) is 15.6. The zero-order valence-electron chi connectivity index (χ0n) is 10.8. The van der Waals surface area contributed by atoms with E-state index >= 15 is 0 Å². The average molecular weight is 218 g/mol. The van der Waals surface area contributed by atoms with Gasteiger partial charge in [0.1, 0.15) is 0 Å². The van der Waals surface area contributed by atoms with E-state index in [4.69, 9.17) is 4.74 Å². The van der Waals surface area contributed by atoms with E-state index in [0.717, 1.165) is 19.6 Å². The lowest BCUT2D eigenvalue weighted by Crippen LogP contribution is -2.15. The topological polar surface area (TPSA) is 9.23 Å². The van der Waals surface area contributed by atoms with E-state index in [0.29, 0.717) is 11.8 Å². The molecular formula is C15H22O. The quantitative estimate of drug-likeness (QED) is 0.729. The van der Waals surface area contributed by atoms with Gasteiger partial charge in [0.2, 0.25) is 0 Å². The second kappa shape index (κ2) is 4.58. The maximum atomic E-state index is 5.62. The second-order valence-electron chi connectivity index (χ2n) is 5.32. The molecule has 0 radical (unpaired) electrons. The minimum atomic E-state index is 0.592. The molecule has 1 heteroatoms. The van der Waals surface area contributed by atoms with Crippen LogP contribution in [0, 0.1) is 0 Å². The highest BCUT2D eigenvalue weighted by Crippen LogP contribution is 2.33. The highest BCUT2D eigenvalue weighted by atomic mass is 16.5. The van der Waals surface area contributed by atoms with Crippen molar-refractivity contribution in [2.45, 2.75) is 52.6 Å². The molecule has 0 unspecified atom stereocenters. The summed E-state index contributed by atoms with van der Waals surface area (Å²) >= 11 is 0. The van der Waals surface area contributed by atoms with Crippen molar-refractivity contribution in [3.8, 4) is 0 Å². The van der Waals surface area contributed by atoms with Crippen molar-refractivity contribution >= 4 is 0 Å². The Hall–Kier alpha value is -0.820. The number of ether oxygens (including phenoxy) is 1. The van der Waals surface area contributed by atoms with Crippen LogP contribution in [0.4, 0.5) is 0 Å². The molecule has 0 amide bonds. The van der Waals surface area contributed by atoms with Gasteiger partial charge in [0, 0.05) is 0 Å². The molecule has 0 saturated carbocycles.